The quantitative estimate of drug-likeness (QED) is 0.674. The zero-order chi connectivity index (χ0) is 18.9. The highest BCUT2D eigenvalue weighted by molar-refractivity contribution is 7.16. The molecule has 0 fully saturated rings. The number of thiazole rings is 1. The molecule has 0 spiro atoms. The Balaban J connectivity index is 2.01. The van der Waals surface area contributed by atoms with Gasteiger partial charge in [0.25, 0.3) is 5.91 Å². The third-order valence-electron chi connectivity index (χ3n) is 4.28. The average molecular weight is 369 g/mol. The second-order valence-electron chi connectivity index (χ2n) is 7.22. The average Bonchev–Trinajstić information content (AvgIpc) is 2.91. The Kier molecular flexibility index (Phi) is 5.01. The predicted molar refractivity (Wildman–Crippen MR) is 107 cm³/mol. The van der Waals surface area contributed by atoms with Crippen molar-refractivity contribution < 1.29 is 9.53 Å². The second-order valence-corrected chi connectivity index (χ2v) is 8.23. The molecule has 0 aliphatic heterocycles. The van der Waals surface area contributed by atoms with Gasteiger partial charge in [-0.3, -0.25) is 4.79 Å². The number of hydrogen-bond acceptors (Lipinski definition) is 3. The van der Waals surface area contributed by atoms with Crippen molar-refractivity contribution in [1.29, 1.82) is 0 Å². The molecule has 1 amide bonds. The third kappa shape index (κ3) is 3.58. The van der Waals surface area contributed by atoms with E-state index in [4.69, 9.17) is 4.74 Å². The van der Waals surface area contributed by atoms with E-state index in [9.17, 15) is 4.79 Å². The minimum absolute atomic E-state index is 0.0618. The maximum absolute atomic E-state index is 12.6. The lowest BCUT2D eigenvalue weighted by Crippen LogP contribution is -2.14. The van der Waals surface area contributed by atoms with Crippen LogP contribution in [0.25, 0.3) is 10.2 Å². The summed E-state index contributed by atoms with van der Waals surface area (Å²) >= 11 is 1.49. The number of carbonyl (C=O) groups excluding carboxylic acids is 1. The Morgan fingerprint density at radius 1 is 1.15 bits per heavy atom. The summed E-state index contributed by atoms with van der Waals surface area (Å²) in [4.78, 5) is 17.6. The highest BCUT2D eigenvalue weighted by atomic mass is 32.1. The van der Waals surface area contributed by atoms with Gasteiger partial charge in [0.05, 0.1) is 11.3 Å². The molecule has 3 rings (SSSR count). The maximum atomic E-state index is 12.6. The van der Waals surface area contributed by atoms with Gasteiger partial charge in [0.1, 0.15) is 11.3 Å². The summed E-state index contributed by atoms with van der Waals surface area (Å²) in [5.41, 5.74) is 2.82. The molecule has 0 saturated heterocycles. The lowest BCUT2D eigenvalue weighted by atomic mass is 9.87. The van der Waals surface area contributed by atoms with Gasteiger partial charge in [0.15, 0.2) is 4.80 Å². The first kappa shape index (κ1) is 18.4. The molecule has 1 heterocycles. The van der Waals surface area contributed by atoms with E-state index >= 15 is 0 Å². The van der Waals surface area contributed by atoms with E-state index < -0.39 is 0 Å². The molecule has 0 radical (unpaired) electrons. The summed E-state index contributed by atoms with van der Waals surface area (Å²) in [5.74, 6) is 0.581. The highest BCUT2D eigenvalue weighted by Gasteiger charge is 2.15. The van der Waals surface area contributed by atoms with E-state index in [1.807, 2.05) is 61.0 Å². The largest absolute Gasteiger partial charge is 0.492 e. The van der Waals surface area contributed by atoms with Crippen molar-refractivity contribution in [2.45, 2.75) is 33.1 Å². The Labute approximate surface area is 157 Å². The molecule has 0 unspecified atom stereocenters. The number of hydrogen-bond donors (Lipinski definition) is 0. The van der Waals surface area contributed by atoms with E-state index in [0.29, 0.717) is 17.0 Å². The molecule has 26 heavy (non-hydrogen) atoms. The summed E-state index contributed by atoms with van der Waals surface area (Å²) < 4.78 is 8.68. The van der Waals surface area contributed by atoms with Crippen molar-refractivity contribution in [2.24, 2.45) is 12.0 Å². The zero-order valence-corrected chi connectivity index (χ0v) is 16.7. The van der Waals surface area contributed by atoms with Crippen molar-refractivity contribution in [3.63, 3.8) is 0 Å². The van der Waals surface area contributed by atoms with Crippen molar-refractivity contribution in [3.8, 4) is 5.75 Å². The van der Waals surface area contributed by atoms with Crippen LogP contribution in [0.3, 0.4) is 0 Å². The minimum atomic E-state index is -0.231. The molecule has 5 heteroatoms. The first-order chi connectivity index (χ1) is 12.3. The van der Waals surface area contributed by atoms with Crippen LogP contribution in [0.2, 0.25) is 0 Å². The summed E-state index contributed by atoms with van der Waals surface area (Å²) in [6.45, 7) is 9.02. The first-order valence-corrected chi connectivity index (χ1v) is 9.54. The van der Waals surface area contributed by atoms with Gasteiger partial charge >= 0.3 is 0 Å². The predicted octanol–water partition coefficient (Wildman–Crippen LogP) is 4.68. The Morgan fingerprint density at radius 2 is 1.85 bits per heavy atom. The molecule has 0 saturated carbocycles. The number of ether oxygens (including phenoxy) is 1. The summed E-state index contributed by atoms with van der Waals surface area (Å²) in [6.07, 6.45) is 0. The third-order valence-corrected chi connectivity index (χ3v) is 5.38. The van der Waals surface area contributed by atoms with Gasteiger partial charge in [-0.2, -0.15) is 4.99 Å². The molecule has 0 aliphatic carbocycles. The number of nitrogens with zero attached hydrogens (tertiary/aromatic N) is 2. The summed E-state index contributed by atoms with van der Waals surface area (Å²) in [6, 6.07) is 13.6. The molecule has 3 aromatic rings. The standard InChI is InChI=1S/C21H24N2O2S/c1-6-25-16-8-7-9-17-18(16)23(5)20(26-17)22-19(24)14-10-12-15(13-11-14)21(2,3)4/h7-13H,6H2,1-5H3. The topological polar surface area (TPSA) is 43.6 Å². The number of para-hydroxylation sites is 1. The normalized spacial score (nSPS) is 12.6. The number of amides is 1. The van der Waals surface area contributed by atoms with Gasteiger partial charge in [0, 0.05) is 12.6 Å². The van der Waals surface area contributed by atoms with Crippen LogP contribution >= 0.6 is 11.3 Å². The second kappa shape index (κ2) is 7.08. The Morgan fingerprint density at radius 3 is 2.46 bits per heavy atom. The molecule has 0 aliphatic rings. The van der Waals surface area contributed by atoms with Crippen molar-refractivity contribution in [2.75, 3.05) is 6.61 Å². The fraction of sp³-hybridized carbons (Fsp3) is 0.333. The molecule has 1 aromatic heterocycles. The van der Waals surface area contributed by atoms with Gasteiger partial charge in [-0.1, -0.05) is 50.3 Å². The minimum Gasteiger partial charge on any atom is -0.492 e. The SMILES string of the molecule is CCOc1cccc2sc(=NC(=O)c3ccc(C(C)(C)C)cc3)n(C)c12. The van der Waals surface area contributed by atoms with E-state index in [1.165, 1.54) is 16.9 Å². The monoisotopic (exact) mass is 368 g/mol. The molecule has 4 nitrogen and oxygen atoms in total. The van der Waals surface area contributed by atoms with Crippen LogP contribution in [0.5, 0.6) is 5.75 Å². The lowest BCUT2D eigenvalue weighted by Gasteiger charge is -2.18. The summed E-state index contributed by atoms with van der Waals surface area (Å²) in [7, 11) is 1.91. The smallest absolute Gasteiger partial charge is 0.279 e. The van der Waals surface area contributed by atoms with Crippen LogP contribution in [-0.4, -0.2) is 17.1 Å². The van der Waals surface area contributed by atoms with Gasteiger partial charge in [-0.05, 0) is 42.2 Å². The Hall–Kier alpha value is -2.40. The molecular formula is C21H24N2O2S. The van der Waals surface area contributed by atoms with Crippen molar-refractivity contribution in [1.82, 2.24) is 4.57 Å². The molecule has 2 aromatic carbocycles. The lowest BCUT2D eigenvalue weighted by molar-refractivity contribution is 0.0998. The fourth-order valence-electron chi connectivity index (χ4n) is 2.81. The number of fused-ring (bicyclic) bond motifs is 1. The molecule has 0 bridgehead atoms. The van der Waals surface area contributed by atoms with Gasteiger partial charge in [0.2, 0.25) is 0 Å². The molecular weight excluding hydrogens is 344 g/mol. The molecule has 136 valence electrons. The fourth-order valence-corrected chi connectivity index (χ4v) is 3.85. The van der Waals surface area contributed by atoms with Gasteiger partial charge in [-0.15, -0.1) is 0 Å². The van der Waals surface area contributed by atoms with Crippen LogP contribution in [0.1, 0.15) is 43.6 Å². The van der Waals surface area contributed by atoms with Gasteiger partial charge < -0.3 is 9.30 Å². The van der Waals surface area contributed by atoms with Gasteiger partial charge in [-0.25, -0.2) is 0 Å². The number of aryl methyl sites for hydroxylation is 1. The number of rotatable bonds is 3. The van der Waals surface area contributed by atoms with Crippen LogP contribution in [-0.2, 0) is 12.5 Å². The van der Waals surface area contributed by atoms with Crippen molar-refractivity contribution >= 4 is 27.5 Å². The Bertz CT molecular complexity index is 1010. The highest BCUT2D eigenvalue weighted by Crippen LogP contribution is 2.27. The van der Waals surface area contributed by atoms with Crippen LogP contribution in [0, 0.1) is 0 Å². The van der Waals surface area contributed by atoms with E-state index in [1.54, 1.807) is 0 Å². The number of carbonyl (C=O) groups is 1. The van der Waals surface area contributed by atoms with Crippen molar-refractivity contribution in [3.05, 3.63) is 58.4 Å². The molecule has 0 N–H and O–H groups in total. The number of aromatic nitrogens is 1. The first-order valence-electron chi connectivity index (χ1n) is 8.72. The maximum Gasteiger partial charge on any atom is 0.279 e. The van der Waals surface area contributed by atoms with E-state index in [2.05, 4.69) is 25.8 Å². The number of benzene rings is 2. The van der Waals surface area contributed by atoms with Crippen LogP contribution in [0.4, 0.5) is 0 Å². The van der Waals surface area contributed by atoms with Crippen LogP contribution in [0.15, 0.2) is 47.5 Å². The molecule has 0 atom stereocenters. The summed E-state index contributed by atoms with van der Waals surface area (Å²) in [5, 5.41) is 0. The van der Waals surface area contributed by atoms with Crippen LogP contribution < -0.4 is 9.54 Å². The zero-order valence-electron chi connectivity index (χ0n) is 15.9. The van der Waals surface area contributed by atoms with E-state index in [-0.39, 0.29) is 11.3 Å². The van der Waals surface area contributed by atoms with E-state index in [0.717, 1.165) is 16.0 Å².